The lowest BCUT2D eigenvalue weighted by atomic mass is 10.3. The van der Waals surface area contributed by atoms with Gasteiger partial charge in [-0.05, 0) is 6.92 Å². The number of urea groups is 1. The van der Waals surface area contributed by atoms with Gasteiger partial charge in [-0.2, -0.15) is 0 Å². The van der Waals surface area contributed by atoms with E-state index in [4.69, 9.17) is 5.11 Å². The maximum absolute atomic E-state index is 10.9. The van der Waals surface area contributed by atoms with Crippen LogP contribution in [-0.4, -0.2) is 41.8 Å². The Kier molecular flexibility index (Phi) is 2.11. The average molecular weight is 144 g/mol. The van der Waals surface area contributed by atoms with Crippen molar-refractivity contribution in [1.29, 1.82) is 0 Å². The van der Waals surface area contributed by atoms with E-state index >= 15 is 0 Å². The fourth-order valence-electron chi connectivity index (χ4n) is 0.991. The lowest BCUT2D eigenvalue weighted by molar-refractivity contribution is 0.0985. The largest absolute Gasteiger partial charge is 0.389 e. The number of aliphatic hydroxyl groups excluding tert-OH is 1. The van der Waals surface area contributed by atoms with Gasteiger partial charge in [-0.1, -0.05) is 0 Å². The van der Waals surface area contributed by atoms with Crippen molar-refractivity contribution in [2.45, 2.75) is 13.0 Å². The van der Waals surface area contributed by atoms with Crippen LogP contribution < -0.4 is 5.32 Å². The molecule has 0 aromatic carbocycles. The molecule has 0 bridgehead atoms. The molecule has 0 spiro atoms. The fraction of sp³-hybridized carbons (Fsp3) is 0.833. The van der Waals surface area contributed by atoms with Crippen molar-refractivity contribution in [1.82, 2.24) is 10.2 Å². The Balaban J connectivity index is 2.45. The summed E-state index contributed by atoms with van der Waals surface area (Å²) >= 11 is 0. The first-order valence-corrected chi connectivity index (χ1v) is 3.45. The van der Waals surface area contributed by atoms with E-state index in [1.54, 1.807) is 4.90 Å². The maximum Gasteiger partial charge on any atom is 0.317 e. The van der Waals surface area contributed by atoms with Crippen LogP contribution >= 0.6 is 0 Å². The third kappa shape index (κ3) is 1.39. The first-order chi connectivity index (χ1) is 4.74. The minimum Gasteiger partial charge on any atom is -0.389 e. The molecule has 1 saturated heterocycles. The van der Waals surface area contributed by atoms with Crippen molar-refractivity contribution in [3.63, 3.8) is 0 Å². The van der Waals surface area contributed by atoms with Gasteiger partial charge in [0.05, 0.1) is 12.6 Å². The molecule has 2 N–H and O–H groups in total. The summed E-state index contributed by atoms with van der Waals surface area (Å²) in [5.74, 6) is 0. The van der Waals surface area contributed by atoms with Gasteiger partial charge in [-0.25, -0.2) is 4.79 Å². The molecule has 0 aromatic rings. The van der Waals surface area contributed by atoms with Gasteiger partial charge in [-0.3, -0.25) is 0 Å². The quantitative estimate of drug-likeness (QED) is 0.516. The van der Waals surface area contributed by atoms with E-state index in [1.165, 1.54) is 0 Å². The van der Waals surface area contributed by atoms with Crippen LogP contribution in [0.2, 0.25) is 0 Å². The highest BCUT2D eigenvalue weighted by molar-refractivity contribution is 5.74. The SMILES string of the molecule is CCN1C[C@@H](O)CNC1=O. The van der Waals surface area contributed by atoms with Crippen LogP contribution in [0.15, 0.2) is 0 Å². The average Bonchev–Trinajstić information content (AvgIpc) is 1.94. The van der Waals surface area contributed by atoms with Gasteiger partial charge < -0.3 is 15.3 Å². The molecule has 0 aromatic heterocycles. The van der Waals surface area contributed by atoms with Crippen molar-refractivity contribution in [3.05, 3.63) is 0 Å². The zero-order valence-electron chi connectivity index (χ0n) is 6.00. The molecule has 0 saturated carbocycles. The van der Waals surface area contributed by atoms with Crippen LogP contribution in [0.25, 0.3) is 0 Å². The Labute approximate surface area is 59.8 Å². The highest BCUT2D eigenvalue weighted by atomic mass is 16.3. The highest BCUT2D eigenvalue weighted by Gasteiger charge is 2.21. The molecule has 1 atom stereocenters. The van der Waals surface area contributed by atoms with Crippen LogP contribution in [-0.2, 0) is 0 Å². The van der Waals surface area contributed by atoms with E-state index in [0.29, 0.717) is 19.6 Å². The monoisotopic (exact) mass is 144 g/mol. The molecule has 1 fully saturated rings. The molecule has 4 heteroatoms. The Morgan fingerprint density at radius 3 is 3.10 bits per heavy atom. The van der Waals surface area contributed by atoms with E-state index in [-0.39, 0.29) is 6.03 Å². The predicted molar refractivity (Wildman–Crippen MR) is 36.7 cm³/mol. The van der Waals surface area contributed by atoms with E-state index in [1.807, 2.05) is 6.92 Å². The minimum absolute atomic E-state index is 0.0761. The number of β-amino-alcohol motifs (C(OH)–C–C–N with tert-alkyl or cyclic N) is 1. The van der Waals surface area contributed by atoms with Crippen LogP contribution in [0.4, 0.5) is 4.79 Å². The van der Waals surface area contributed by atoms with Gasteiger partial charge in [0.25, 0.3) is 0 Å². The molecule has 0 unspecified atom stereocenters. The fourth-order valence-corrected chi connectivity index (χ4v) is 0.991. The van der Waals surface area contributed by atoms with Crippen LogP contribution in [0.5, 0.6) is 0 Å². The van der Waals surface area contributed by atoms with Gasteiger partial charge in [-0.15, -0.1) is 0 Å². The molecule has 1 heterocycles. The topological polar surface area (TPSA) is 52.6 Å². The Hall–Kier alpha value is -0.770. The molecule has 4 nitrogen and oxygen atoms in total. The van der Waals surface area contributed by atoms with Gasteiger partial charge in [0.2, 0.25) is 0 Å². The number of nitrogens with zero attached hydrogens (tertiary/aromatic N) is 1. The number of amides is 2. The first kappa shape index (κ1) is 7.34. The molecule has 0 aliphatic carbocycles. The van der Waals surface area contributed by atoms with Gasteiger partial charge in [0.1, 0.15) is 0 Å². The highest BCUT2D eigenvalue weighted by Crippen LogP contribution is 1.98. The normalized spacial score (nSPS) is 26.4. The summed E-state index contributed by atoms with van der Waals surface area (Å²) < 4.78 is 0. The second kappa shape index (κ2) is 2.88. The Morgan fingerprint density at radius 2 is 2.60 bits per heavy atom. The summed E-state index contributed by atoms with van der Waals surface area (Å²) in [6, 6.07) is -0.0761. The molecule has 0 radical (unpaired) electrons. The van der Waals surface area contributed by atoms with Crippen molar-refractivity contribution in [2.24, 2.45) is 0 Å². The van der Waals surface area contributed by atoms with Gasteiger partial charge in [0, 0.05) is 13.1 Å². The Bertz CT molecular complexity index is 138. The summed E-state index contributed by atoms with van der Waals surface area (Å²) in [5.41, 5.74) is 0. The first-order valence-electron chi connectivity index (χ1n) is 3.45. The van der Waals surface area contributed by atoms with Gasteiger partial charge in [0.15, 0.2) is 0 Å². The van der Waals surface area contributed by atoms with Crippen molar-refractivity contribution in [2.75, 3.05) is 19.6 Å². The van der Waals surface area contributed by atoms with E-state index < -0.39 is 6.10 Å². The predicted octanol–water partition coefficient (Wildman–Crippen LogP) is -0.608. The van der Waals surface area contributed by atoms with E-state index in [0.717, 1.165) is 0 Å². The second-order valence-corrected chi connectivity index (χ2v) is 2.38. The summed E-state index contributed by atoms with van der Waals surface area (Å²) in [7, 11) is 0. The van der Waals surface area contributed by atoms with E-state index in [9.17, 15) is 4.79 Å². The molecule has 1 aliphatic heterocycles. The zero-order valence-corrected chi connectivity index (χ0v) is 6.00. The van der Waals surface area contributed by atoms with Gasteiger partial charge >= 0.3 is 6.03 Å². The molecule has 2 amide bonds. The molecule has 1 rings (SSSR count). The van der Waals surface area contributed by atoms with Crippen molar-refractivity contribution < 1.29 is 9.90 Å². The molecule has 58 valence electrons. The van der Waals surface area contributed by atoms with Crippen LogP contribution in [0.3, 0.4) is 0 Å². The summed E-state index contributed by atoms with van der Waals surface area (Å²) in [5, 5.41) is 11.6. The minimum atomic E-state index is -0.405. The number of nitrogens with one attached hydrogen (secondary N) is 1. The standard InChI is InChI=1S/C6H12N2O2/c1-2-8-4-5(9)3-7-6(8)10/h5,9H,2-4H2,1H3,(H,7,10)/t5-/m0/s1. The second-order valence-electron chi connectivity index (χ2n) is 2.38. The lowest BCUT2D eigenvalue weighted by Gasteiger charge is -2.29. The molecule has 1 aliphatic rings. The number of carbonyl (C=O) groups excluding carboxylic acids is 1. The number of rotatable bonds is 1. The third-order valence-electron chi connectivity index (χ3n) is 1.59. The van der Waals surface area contributed by atoms with Crippen LogP contribution in [0, 0.1) is 0 Å². The third-order valence-corrected chi connectivity index (χ3v) is 1.59. The molecular weight excluding hydrogens is 132 g/mol. The summed E-state index contributed by atoms with van der Waals surface area (Å²) in [6.07, 6.45) is -0.405. The lowest BCUT2D eigenvalue weighted by Crippen LogP contribution is -2.53. The number of likely N-dealkylation sites (N-methyl/N-ethyl adjacent to an activating group) is 1. The number of hydrogen-bond donors (Lipinski definition) is 2. The zero-order chi connectivity index (χ0) is 7.56. The smallest absolute Gasteiger partial charge is 0.317 e. The number of hydrogen-bond acceptors (Lipinski definition) is 2. The van der Waals surface area contributed by atoms with Crippen LogP contribution in [0.1, 0.15) is 6.92 Å². The number of aliphatic hydroxyl groups is 1. The summed E-state index contributed by atoms with van der Waals surface area (Å²) in [6.45, 7) is 3.39. The van der Waals surface area contributed by atoms with Crippen molar-refractivity contribution in [3.8, 4) is 0 Å². The molecule has 10 heavy (non-hydrogen) atoms. The van der Waals surface area contributed by atoms with Crippen molar-refractivity contribution >= 4 is 6.03 Å². The van der Waals surface area contributed by atoms with E-state index in [2.05, 4.69) is 5.32 Å². The molecular formula is C6H12N2O2. The number of carbonyl (C=O) groups is 1. The maximum atomic E-state index is 10.9. The summed E-state index contributed by atoms with van der Waals surface area (Å²) in [4.78, 5) is 12.5. The Morgan fingerprint density at radius 1 is 1.90 bits per heavy atom.